The Bertz CT molecular complexity index is 656. The Morgan fingerprint density at radius 1 is 1.45 bits per heavy atom. The van der Waals surface area contributed by atoms with Crippen LogP contribution in [0.25, 0.3) is 0 Å². The van der Waals surface area contributed by atoms with Crippen molar-refractivity contribution >= 4 is 17.6 Å². The van der Waals surface area contributed by atoms with E-state index >= 15 is 0 Å². The lowest BCUT2D eigenvalue weighted by atomic mass is 9.97. The molecule has 1 aromatic heterocycles. The molecule has 5 nitrogen and oxygen atoms in total. The van der Waals surface area contributed by atoms with Crippen LogP contribution in [-0.2, 0) is 19.4 Å². The summed E-state index contributed by atoms with van der Waals surface area (Å²) in [6, 6.07) is 6.43. The number of amides is 2. The second-order valence-electron chi connectivity index (χ2n) is 5.63. The lowest BCUT2D eigenvalue weighted by Gasteiger charge is -2.30. The van der Waals surface area contributed by atoms with Gasteiger partial charge in [-0.15, -0.1) is 5.10 Å². The van der Waals surface area contributed by atoms with Crippen molar-refractivity contribution in [1.82, 2.24) is 19.8 Å². The molecule has 0 fully saturated rings. The van der Waals surface area contributed by atoms with Gasteiger partial charge in [-0.05, 0) is 48.0 Å². The quantitative estimate of drug-likeness (QED) is 0.947. The van der Waals surface area contributed by atoms with Gasteiger partial charge in [-0.25, -0.2) is 4.79 Å². The first-order chi connectivity index (χ1) is 10.7. The molecule has 0 aliphatic carbocycles. The summed E-state index contributed by atoms with van der Waals surface area (Å²) in [7, 11) is 0. The third-order valence-corrected chi connectivity index (χ3v) is 4.66. The Balaban J connectivity index is 1.65. The monoisotopic (exact) mass is 316 g/mol. The minimum absolute atomic E-state index is 0.0364. The number of hydrogen-bond acceptors (Lipinski definition) is 4. The molecular weight excluding hydrogens is 296 g/mol. The van der Waals surface area contributed by atoms with Gasteiger partial charge < -0.3 is 10.2 Å². The van der Waals surface area contributed by atoms with Gasteiger partial charge in [-0.1, -0.05) is 29.6 Å². The van der Waals surface area contributed by atoms with Gasteiger partial charge in [0.15, 0.2) is 0 Å². The van der Waals surface area contributed by atoms with Crippen LogP contribution in [0, 0.1) is 0 Å². The summed E-state index contributed by atoms with van der Waals surface area (Å²) in [5.41, 5.74) is 4.80. The molecule has 2 amide bonds. The standard InChI is InChI=1S/C16H20N4OS/c1-3-12-4-5-14-9-20(7-6-13(14)8-12)16(21)17-11(2)15-10-22-19-18-15/h4-5,8,10-11H,3,6-7,9H2,1-2H3,(H,17,21). The molecule has 22 heavy (non-hydrogen) atoms. The van der Waals surface area contributed by atoms with E-state index in [1.54, 1.807) is 0 Å². The van der Waals surface area contributed by atoms with Crippen LogP contribution < -0.4 is 5.32 Å². The first-order valence-electron chi connectivity index (χ1n) is 7.60. The molecule has 1 aliphatic rings. The highest BCUT2D eigenvalue weighted by Gasteiger charge is 2.22. The van der Waals surface area contributed by atoms with E-state index in [0.29, 0.717) is 6.54 Å². The predicted octanol–water partition coefficient (Wildman–Crippen LogP) is 2.93. The number of urea groups is 1. The number of nitrogens with zero attached hydrogens (tertiary/aromatic N) is 3. The minimum Gasteiger partial charge on any atom is -0.330 e. The summed E-state index contributed by atoms with van der Waals surface area (Å²) < 4.78 is 3.84. The molecule has 1 atom stereocenters. The molecular formula is C16H20N4OS. The molecule has 1 aromatic carbocycles. The van der Waals surface area contributed by atoms with Crippen LogP contribution in [0.3, 0.4) is 0 Å². The van der Waals surface area contributed by atoms with Crippen LogP contribution in [0.4, 0.5) is 4.79 Å². The van der Waals surface area contributed by atoms with Crippen LogP contribution in [0.1, 0.15) is 42.3 Å². The Morgan fingerprint density at radius 3 is 3.05 bits per heavy atom. The molecule has 1 unspecified atom stereocenters. The normalized spacial score (nSPS) is 15.3. The molecule has 0 saturated carbocycles. The smallest absolute Gasteiger partial charge is 0.318 e. The summed E-state index contributed by atoms with van der Waals surface area (Å²) in [6.07, 6.45) is 1.97. The first-order valence-corrected chi connectivity index (χ1v) is 8.44. The van der Waals surface area contributed by atoms with Gasteiger partial charge in [-0.3, -0.25) is 0 Å². The van der Waals surface area contributed by atoms with E-state index in [9.17, 15) is 4.79 Å². The third-order valence-electron chi connectivity index (χ3n) is 4.14. The largest absolute Gasteiger partial charge is 0.330 e. The van der Waals surface area contributed by atoms with Gasteiger partial charge in [0.05, 0.1) is 11.7 Å². The van der Waals surface area contributed by atoms with E-state index in [-0.39, 0.29) is 12.1 Å². The summed E-state index contributed by atoms with van der Waals surface area (Å²) in [5.74, 6) is 0. The lowest BCUT2D eigenvalue weighted by Crippen LogP contribution is -2.43. The summed E-state index contributed by atoms with van der Waals surface area (Å²) >= 11 is 1.30. The van der Waals surface area contributed by atoms with Gasteiger partial charge in [0.2, 0.25) is 0 Å². The number of hydrogen-bond donors (Lipinski definition) is 1. The second kappa shape index (κ2) is 6.44. The van der Waals surface area contributed by atoms with Gasteiger partial charge >= 0.3 is 6.03 Å². The molecule has 6 heteroatoms. The van der Waals surface area contributed by atoms with Crippen LogP contribution in [0.15, 0.2) is 23.6 Å². The molecule has 0 radical (unpaired) electrons. The molecule has 1 N–H and O–H groups in total. The van der Waals surface area contributed by atoms with E-state index in [1.165, 1.54) is 28.2 Å². The SMILES string of the molecule is CCc1ccc2c(c1)CCN(C(=O)NC(C)c1csnn1)C2. The van der Waals surface area contributed by atoms with Crippen molar-refractivity contribution in [3.8, 4) is 0 Å². The highest BCUT2D eigenvalue weighted by molar-refractivity contribution is 7.03. The number of fused-ring (bicyclic) bond motifs is 1. The van der Waals surface area contributed by atoms with Crippen LogP contribution in [-0.4, -0.2) is 27.1 Å². The molecule has 116 valence electrons. The number of benzene rings is 1. The van der Waals surface area contributed by atoms with Crippen molar-refractivity contribution in [3.63, 3.8) is 0 Å². The molecule has 2 aromatic rings. The van der Waals surface area contributed by atoms with Crippen molar-refractivity contribution in [2.75, 3.05) is 6.54 Å². The van der Waals surface area contributed by atoms with E-state index in [1.807, 2.05) is 17.2 Å². The van der Waals surface area contributed by atoms with Gasteiger partial charge in [0.25, 0.3) is 0 Å². The maximum atomic E-state index is 12.4. The van der Waals surface area contributed by atoms with E-state index in [4.69, 9.17) is 0 Å². The third kappa shape index (κ3) is 3.11. The molecule has 0 bridgehead atoms. The second-order valence-corrected chi connectivity index (χ2v) is 6.24. The number of aromatic nitrogens is 2. The Labute approximate surface area is 134 Å². The van der Waals surface area contributed by atoms with Gasteiger partial charge in [0, 0.05) is 18.5 Å². The highest BCUT2D eigenvalue weighted by atomic mass is 32.1. The lowest BCUT2D eigenvalue weighted by molar-refractivity contribution is 0.189. The first kappa shape index (κ1) is 15.0. The highest BCUT2D eigenvalue weighted by Crippen LogP contribution is 2.21. The van der Waals surface area contributed by atoms with Crippen LogP contribution >= 0.6 is 11.5 Å². The van der Waals surface area contributed by atoms with Crippen LogP contribution in [0.5, 0.6) is 0 Å². The van der Waals surface area contributed by atoms with Crippen molar-refractivity contribution in [2.24, 2.45) is 0 Å². The fourth-order valence-corrected chi connectivity index (χ4v) is 3.26. The summed E-state index contributed by atoms with van der Waals surface area (Å²) in [4.78, 5) is 14.3. The Morgan fingerprint density at radius 2 is 2.32 bits per heavy atom. The molecule has 0 spiro atoms. The fourth-order valence-electron chi connectivity index (χ4n) is 2.71. The van der Waals surface area contributed by atoms with Gasteiger partial charge in [0.1, 0.15) is 0 Å². The molecule has 2 heterocycles. The summed E-state index contributed by atoms with van der Waals surface area (Å²) in [5, 5.41) is 8.86. The number of carbonyl (C=O) groups is 1. The van der Waals surface area contributed by atoms with E-state index in [2.05, 4.69) is 40.0 Å². The fraction of sp³-hybridized carbons (Fsp3) is 0.438. The van der Waals surface area contributed by atoms with E-state index in [0.717, 1.165) is 25.1 Å². The number of aryl methyl sites for hydroxylation is 1. The maximum Gasteiger partial charge on any atom is 0.318 e. The zero-order chi connectivity index (χ0) is 15.5. The maximum absolute atomic E-state index is 12.4. The number of carbonyl (C=O) groups excluding carboxylic acids is 1. The Kier molecular flexibility index (Phi) is 4.38. The molecule has 3 rings (SSSR count). The summed E-state index contributed by atoms with van der Waals surface area (Å²) in [6.45, 7) is 5.53. The average Bonchev–Trinajstić information content (AvgIpc) is 3.08. The van der Waals surface area contributed by atoms with Crippen molar-refractivity contribution in [1.29, 1.82) is 0 Å². The van der Waals surface area contributed by atoms with Crippen molar-refractivity contribution in [3.05, 3.63) is 46.0 Å². The zero-order valence-corrected chi connectivity index (χ0v) is 13.7. The van der Waals surface area contributed by atoms with Gasteiger partial charge in [-0.2, -0.15) is 0 Å². The molecule has 0 saturated heterocycles. The topological polar surface area (TPSA) is 58.1 Å². The van der Waals surface area contributed by atoms with E-state index < -0.39 is 0 Å². The van der Waals surface area contributed by atoms with Crippen molar-refractivity contribution in [2.45, 2.75) is 39.3 Å². The zero-order valence-electron chi connectivity index (χ0n) is 12.9. The van der Waals surface area contributed by atoms with Crippen LogP contribution in [0.2, 0.25) is 0 Å². The van der Waals surface area contributed by atoms with Crippen molar-refractivity contribution < 1.29 is 4.79 Å². The Hall–Kier alpha value is -1.95. The molecule has 1 aliphatic heterocycles. The number of nitrogens with one attached hydrogen (secondary N) is 1. The average molecular weight is 316 g/mol. The number of rotatable bonds is 3. The predicted molar refractivity (Wildman–Crippen MR) is 86.8 cm³/mol. The minimum atomic E-state index is -0.116.